The Labute approximate surface area is 158 Å². The van der Waals surface area contributed by atoms with Crippen LogP contribution in [0.5, 0.6) is 11.5 Å². The molecule has 1 heterocycles. The lowest BCUT2D eigenvalue weighted by Gasteiger charge is -2.02. The molecule has 0 aliphatic carbocycles. The zero-order chi connectivity index (χ0) is 19.2. The highest BCUT2D eigenvalue weighted by Crippen LogP contribution is 2.32. The molecule has 4 rings (SSSR count). The molecule has 0 amide bonds. The highest BCUT2D eigenvalue weighted by atomic mass is 16.5. The average Bonchev–Trinajstić information content (AvgIpc) is 3.06. The molecule has 5 N–H and O–H groups in total. The monoisotopic (exact) mass is 361 g/mol. The molecule has 0 bridgehead atoms. The number of hydrogen-bond donors (Lipinski definition) is 3. The molecule has 0 fully saturated rings. The van der Waals surface area contributed by atoms with Gasteiger partial charge >= 0.3 is 0 Å². The molecule has 0 aliphatic heterocycles. The van der Waals surface area contributed by atoms with Gasteiger partial charge in [0.15, 0.2) is 0 Å². The molecule has 138 valence electrons. The number of nitrogen functional groups attached to an aromatic ring is 2. The molecule has 0 radical (unpaired) electrons. The van der Waals surface area contributed by atoms with Crippen LogP contribution in [0.3, 0.4) is 0 Å². The van der Waals surface area contributed by atoms with Gasteiger partial charge in [-0.3, -0.25) is 0 Å². The Morgan fingerprint density at radius 2 is 1.26 bits per heavy atom. The van der Waals surface area contributed by atoms with Gasteiger partial charge in [0.25, 0.3) is 0 Å². The minimum atomic E-state index is 0.760. The predicted octanol–water partition coefficient (Wildman–Crippen LogP) is 4.70. The number of aromatic nitrogens is 1. The van der Waals surface area contributed by atoms with E-state index in [0.717, 1.165) is 45.0 Å². The van der Waals surface area contributed by atoms with Gasteiger partial charge in [-0.1, -0.05) is 18.2 Å². The summed E-state index contributed by atoms with van der Waals surface area (Å²) in [5.74, 6) is 1.68. The Bertz CT molecular complexity index is 1010. The molecule has 4 aromatic rings. The van der Waals surface area contributed by atoms with Gasteiger partial charge in [0.05, 0.1) is 25.6 Å². The lowest BCUT2D eigenvalue weighted by atomic mass is 10.1. The van der Waals surface area contributed by atoms with Crippen LogP contribution in [0.15, 0.2) is 72.8 Å². The fourth-order valence-electron chi connectivity index (χ4n) is 2.75. The van der Waals surface area contributed by atoms with E-state index < -0.39 is 0 Å². The van der Waals surface area contributed by atoms with Gasteiger partial charge in [-0.25, -0.2) is 0 Å². The zero-order valence-corrected chi connectivity index (χ0v) is 15.4. The number of ether oxygens (including phenoxy) is 2. The molecule has 0 saturated carbocycles. The molecular formula is C22H23N3O2. The SMILES string of the molecule is COc1ccc(-c2[nH]c3ccccc3c2N)cc1.COc1ccc(N)cc1. The fraction of sp³-hybridized carbons (Fsp3) is 0.0909. The smallest absolute Gasteiger partial charge is 0.119 e. The third kappa shape index (κ3) is 4.15. The van der Waals surface area contributed by atoms with Crippen LogP contribution < -0.4 is 20.9 Å². The van der Waals surface area contributed by atoms with E-state index in [0.29, 0.717) is 0 Å². The predicted molar refractivity (Wildman–Crippen MR) is 112 cm³/mol. The summed E-state index contributed by atoms with van der Waals surface area (Å²) in [5, 5.41) is 1.06. The van der Waals surface area contributed by atoms with Gasteiger partial charge in [-0.15, -0.1) is 0 Å². The first kappa shape index (κ1) is 18.2. The third-order valence-corrected chi connectivity index (χ3v) is 4.24. The van der Waals surface area contributed by atoms with Crippen molar-refractivity contribution < 1.29 is 9.47 Å². The van der Waals surface area contributed by atoms with Crippen molar-refractivity contribution in [2.24, 2.45) is 0 Å². The molecule has 0 saturated heterocycles. The van der Waals surface area contributed by atoms with E-state index in [9.17, 15) is 0 Å². The van der Waals surface area contributed by atoms with E-state index in [1.54, 1.807) is 26.4 Å². The van der Waals surface area contributed by atoms with Crippen molar-refractivity contribution in [1.29, 1.82) is 0 Å². The van der Waals surface area contributed by atoms with Crippen molar-refractivity contribution in [2.45, 2.75) is 0 Å². The lowest BCUT2D eigenvalue weighted by Crippen LogP contribution is -1.87. The van der Waals surface area contributed by atoms with Crippen molar-refractivity contribution in [3.63, 3.8) is 0 Å². The van der Waals surface area contributed by atoms with E-state index in [4.69, 9.17) is 20.9 Å². The van der Waals surface area contributed by atoms with Crippen LogP contribution in [0, 0.1) is 0 Å². The minimum Gasteiger partial charge on any atom is -0.497 e. The molecule has 27 heavy (non-hydrogen) atoms. The summed E-state index contributed by atoms with van der Waals surface area (Å²) < 4.78 is 10.1. The first-order valence-electron chi connectivity index (χ1n) is 8.52. The fourth-order valence-corrected chi connectivity index (χ4v) is 2.75. The maximum absolute atomic E-state index is 6.18. The number of H-pyrrole nitrogens is 1. The number of nitrogens with two attached hydrogens (primary N) is 2. The molecule has 0 aliphatic rings. The van der Waals surface area contributed by atoms with Gasteiger partial charge in [-0.2, -0.15) is 0 Å². The quantitative estimate of drug-likeness (QED) is 0.462. The number of aromatic amines is 1. The number of fused-ring (bicyclic) bond motifs is 1. The Hall–Kier alpha value is -3.60. The van der Waals surface area contributed by atoms with Crippen molar-refractivity contribution >= 4 is 22.3 Å². The normalized spacial score (nSPS) is 10.1. The summed E-state index contributed by atoms with van der Waals surface area (Å²) >= 11 is 0. The van der Waals surface area contributed by atoms with Crippen LogP contribution in [-0.4, -0.2) is 19.2 Å². The Balaban J connectivity index is 0.000000197. The van der Waals surface area contributed by atoms with E-state index in [2.05, 4.69) is 4.98 Å². The summed E-state index contributed by atoms with van der Waals surface area (Å²) in [4.78, 5) is 3.35. The number of anilines is 2. The minimum absolute atomic E-state index is 0.760. The van der Waals surface area contributed by atoms with Crippen LogP contribution in [0.2, 0.25) is 0 Å². The highest BCUT2D eigenvalue weighted by molar-refractivity contribution is 5.99. The Kier molecular flexibility index (Phi) is 5.52. The van der Waals surface area contributed by atoms with Crippen LogP contribution in [-0.2, 0) is 0 Å². The van der Waals surface area contributed by atoms with Gasteiger partial charge in [0.2, 0.25) is 0 Å². The standard InChI is InChI=1S/C15H14N2O.C7H9NO/c1-18-11-8-6-10(7-9-11)15-14(16)12-4-2-3-5-13(12)17-15;1-9-7-4-2-6(8)3-5-7/h2-9,17H,16H2,1H3;2-5H,8H2,1H3. The van der Waals surface area contributed by atoms with Crippen molar-refractivity contribution in [3.05, 3.63) is 72.8 Å². The van der Waals surface area contributed by atoms with Gasteiger partial charge in [-0.05, 0) is 54.6 Å². The number of benzene rings is 3. The molecule has 0 spiro atoms. The molecule has 1 aromatic heterocycles. The second-order valence-corrected chi connectivity index (χ2v) is 5.96. The molecular weight excluding hydrogens is 338 g/mol. The topological polar surface area (TPSA) is 86.3 Å². The number of para-hydroxylation sites is 1. The Morgan fingerprint density at radius 1 is 0.704 bits per heavy atom. The average molecular weight is 361 g/mol. The number of hydrogen-bond acceptors (Lipinski definition) is 4. The van der Waals surface area contributed by atoms with E-state index in [1.165, 1.54) is 0 Å². The van der Waals surface area contributed by atoms with Crippen molar-refractivity contribution in [2.75, 3.05) is 25.7 Å². The zero-order valence-electron chi connectivity index (χ0n) is 15.4. The van der Waals surface area contributed by atoms with Gasteiger partial charge in [0, 0.05) is 22.2 Å². The van der Waals surface area contributed by atoms with Crippen molar-refractivity contribution in [1.82, 2.24) is 4.98 Å². The van der Waals surface area contributed by atoms with E-state index in [1.807, 2.05) is 60.7 Å². The van der Waals surface area contributed by atoms with Crippen LogP contribution in [0.25, 0.3) is 22.2 Å². The summed E-state index contributed by atoms with van der Waals surface area (Å²) in [6.07, 6.45) is 0. The summed E-state index contributed by atoms with van der Waals surface area (Å²) in [7, 11) is 3.29. The first-order chi connectivity index (χ1) is 13.1. The summed E-state index contributed by atoms with van der Waals surface area (Å²) in [6.45, 7) is 0. The second-order valence-electron chi connectivity index (χ2n) is 5.96. The molecule has 5 nitrogen and oxygen atoms in total. The summed E-state index contributed by atoms with van der Waals surface area (Å²) in [5.41, 5.74) is 16.2. The lowest BCUT2D eigenvalue weighted by molar-refractivity contribution is 0.415. The molecule has 0 unspecified atom stereocenters. The maximum Gasteiger partial charge on any atom is 0.119 e. The number of nitrogens with one attached hydrogen (secondary N) is 1. The van der Waals surface area contributed by atoms with Gasteiger partial charge in [0.1, 0.15) is 11.5 Å². The maximum atomic E-state index is 6.18. The van der Waals surface area contributed by atoms with E-state index >= 15 is 0 Å². The first-order valence-corrected chi connectivity index (χ1v) is 8.52. The molecule has 0 atom stereocenters. The third-order valence-electron chi connectivity index (χ3n) is 4.24. The van der Waals surface area contributed by atoms with Gasteiger partial charge < -0.3 is 25.9 Å². The highest BCUT2D eigenvalue weighted by Gasteiger charge is 2.09. The van der Waals surface area contributed by atoms with Crippen LogP contribution in [0.4, 0.5) is 11.4 Å². The van der Waals surface area contributed by atoms with E-state index in [-0.39, 0.29) is 0 Å². The number of methoxy groups -OCH3 is 2. The van der Waals surface area contributed by atoms with Crippen molar-refractivity contribution in [3.8, 4) is 22.8 Å². The summed E-state index contributed by atoms with van der Waals surface area (Å²) in [6, 6.07) is 23.2. The number of rotatable bonds is 3. The van der Waals surface area contributed by atoms with Crippen LogP contribution >= 0.6 is 0 Å². The second kappa shape index (κ2) is 8.19. The largest absolute Gasteiger partial charge is 0.497 e. The Morgan fingerprint density at radius 3 is 1.81 bits per heavy atom. The molecule has 5 heteroatoms. The van der Waals surface area contributed by atoms with Crippen LogP contribution in [0.1, 0.15) is 0 Å². The molecule has 3 aromatic carbocycles.